The molecule has 2 aliphatic rings. The van der Waals surface area contributed by atoms with Crippen LogP contribution in [0, 0.1) is 5.92 Å². The number of aromatic nitrogens is 2. The fraction of sp³-hybridized carbons (Fsp3) is 0.467. The van der Waals surface area contributed by atoms with E-state index < -0.39 is 0 Å². The van der Waals surface area contributed by atoms with Crippen molar-refractivity contribution >= 4 is 46.1 Å². The number of halogens is 2. The number of imidazole rings is 1. The smallest absolute Gasteiger partial charge is 0.232 e. The summed E-state index contributed by atoms with van der Waals surface area (Å²) < 4.78 is 7.55. The molecule has 0 aliphatic carbocycles. The van der Waals surface area contributed by atoms with Crippen LogP contribution >= 0.6 is 23.2 Å². The summed E-state index contributed by atoms with van der Waals surface area (Å²) in [6.45, 7) is 0. The zero-order valence-electron chi connectivity index (χ0n) is 12.0. The Hall–Kier alpha value is -1.30. The summed E-state index contributed by atoms with van der Waals surface area (Å²) in [7, 11) is 1.84. The standard InChI is InChI=1S/C15H15Cl2N3O2/c1-20-12-6-10(17)9(16)5-11(12)18-15(20)19-14(21)8-4-7-2-3-13(8)22-7/h5-8,13H,2-4H2,1H3,(H,18,19,21)/t7-,8-,13+/m1/s1. The van der Waals surface area contributed by atoms with Crippen LogP contribution in [0.3, 0.4) is 0 Å². The van der Waals surface area contributed by atoms with Crippen molar-refractivity contribution in [3.05, 3.63) is 22.2 Å². The molecule has 4 rings (SSSR count). The number of hydrogen-bond donors (Lipinski definition) is 1. The Labute approximate surface area is 137 Å². The van der Waals surface area contributed by atoms with Gasteiger partial charge in [0.25, 0.3) is 0 Å². The average molecular weight is 340 g/mol. The predicted molar refractivity (Wildman–Crippen MR) is 85.4 cm³/mol. The average Bonchev–Trinajstić information content (AvgIpc) is 3.17. The summed E-state index contributed by atoms with van der Waals surface area (Å²) >= 11 is 12.1. The van der Waals surface area contributed by atoms with Gasteiger partial charge in [0.15, 0.2) is 0 Å². The first-order valence-corrected chi connectivity index (χ1v) is 8.06. The highest BCUT2D eigenvalue weighted by molar-refractivity contribution is 6.42. The number of carbonyl (C=O) groups excluding carboxylic acids is 1. The van der Waals surface area contributed by atoms with Gasteiger partial charge in [0.05, 0.1) is 39.2 Å². The van der Waals surface area contributed by atoms with Gasteiger partial charge in [-0.05, 0) is 31.4 Å². The van der Waals surface area contributed by atoms with Gasteiger partial charge in [0.2, 0.25) is 11.9 Å². The minimum atomic E-state index is -0.0780. The van der Waals surface area contributed by atoms with Gasteiger partial charge >= 0.3 is 0 Å². The SMILES string of the molecule is Cn1c(NC(=O)[C@@H]2C[C@H]3CC[C@@H]2O3)nc2cc(Cl)c(Cl)cc21. The fourth-order valence-corrected chi connectivity index (χ4v) is 3.73. The Bertz CT molecular complexity index is 774. The molecule has 0 unspecified atom stereocenters. The van der Waals surface area contributed by atoms with Crippen LogP contribution in [0.25, 0.3) is 11.0 Å². The maximum absolute atomic E-state index is 12.5. The van der Waals surface area contributed by atoms with Gasteiger partial charge < -0.3 is 9.30 Å². The lowest BCUT2D eigenvalue weighted by molar-refractivity contribution is -0.121. The van der Waals surface area contributed by atoms with Gasteiger partial charge in [-0.1, -0.05) is 23.2 Å². The van der Waals surface area contributed by atoms with Crippen molar-refractivity contribution < 1.29 is 9.53 Å². The number of benzene rings is 1. The third-order valence-electron chi connectivity index (χ3n) is 4.60. The van der Waals surface area contributed by atoms with E-state index in [4.69, 9.17) is 27.9 Å². The molecule has 1 aromatic heterocycles. The van der Waals surface area contributed by atoms with Crippen LogP contribution in [0.2, 0.25) is 10.0 Å². The molecular weight excluding hydrogens is 325 g/mol. The fourth-order valence-electron chi connectivity index (χ4n) is 3.42. The van der Waals surface area contributed by atoms with Crippen LogP contribution < -0.4 is 5.32 Å². The van der Waals surface area contributed by atoms with Gasteiger partial charge in [-0.25, -0.2) is 4.98 Å². The van der Waals surface area contributed by atoms with E-state index in [2.05, 4.69) is 10.3 Å². The van der Waals surface area contributed by atoms with Crippen molar-refractivity contribution in [2.75, 3.05) is 5.32 Å². The summed E-state index contributed by atoms with van der Waals surface area (Å²) in [5.41, 5.74) is 1.53. The van der Waals surface area contributed by atoms with Gasteiger partial charge in [-0.15, -0.1) is 0 Å². The number of aryl methyl sites for hydroxylation is 1. The maximum Gasteiger partial charge on any atom is 0.232 e. The lowest BCUT2D eigenvalue weighted by Gasteiger charge is -2.17. The molecule has 116 valence electrons. The number of hydrogen-bond acceptors (Lipinski definition) is 3. The van der Waals surface area contributed by atoms with E-state index >= 15 is 0 Å². The van der Waals surface area contributed by atoms with Crippen LogP contribution in [0.1, 0.15) is 19.3 Å². The van der Waals surface area contributed by atoms with Crippen molar-refractivity contribution in [3.8, 4) is 0 Å². The molecule has 2 saturated heterocycles. The van der Waals surface area contributed by atoms with Crippen molar-refractivity contribution in [3.63, 3.8) is 0 Å². The molecule has 2 aromatic rings. The van der Waals surface area contributed by atoms with E-state index in [1.165, 1.54) is 0 Å². The second-order valence-corrected chi connectivity index (χ2v) is 6.77. The molecule has 5 nitrogen and oxygen atoms in total. The Balaban J connectivity index is 1.61. The minimum Gasteiger partial charge on any atom is -0.374 e. The Morgan fingerprint density at radius 1 is 1.36 bits per heavy atom. The zero-order valence-corrected chi connectivity index (χ0v) is 13.5. The molecule has 7 heteroatoms. The van der Waals surface area contributed by atoms with Crippen molar-refractivity contribution in [1.82, 2.24) is 9.55 Å². The Morgan fingerprint density at radius 3 is 2.82 bits per heavy atom. The van der Waals surface area contributed by atoms with Crippen molar-refractivity contribution in [1.29, 1.82) is 0 Å². The highest BCUT2D eigenvalue weighted by atomic mass is 35.5. The molecule has 3 atom stereocenters. The number of carbonyl (C=O) groups is 1. The van der Waals surface area contributed by atoms with Crippen LogP contribution in [0.5, 0.6) is 0 Å². The lowest BCUT2D eigenvalue weighted by Crippen LogP contribution is -2.31. The van der Waals surface area contributed by atoms with E-state index in [9.17, 15) is 4.79 Å². The number of nitrogens with zero attached hydrogens (tertiary/aromatic N) is 2. The molecule has 1 N–H and O–H groups in total. The second kappa shape index (κ2) is 5.11. The first-order chi connectivity index (χ1) is 10.5. The van der Waals surface area contributed by atoms with Crippen molar-refractivity contribution in [2.24, 2.45) is 13.0 Å². The summed E-state index contributed by atoms with van der Waals surface area (Å²) in [5, 5.41) is 3.83. The summed E-state index contributed by atoms with van der Waals surface area (Å²) in [6.07, 6.45) is 3.15. The van der Waals surface area contributed by atoms with Crippen LogP contribution in [-0.2, 0) is 16.6 Å². The monoisotopic (exact) mass is 339 g/mol. The maximum atomic E-state index is 12.5. The van der Waals surface area contributed by atoms with Gasteiger partial charge in [0.1, 0.15) is 0 Å². The molecule has 0 saturated carbocycles. The molecule has 2 fully saturated rings. The van der Waals surface area contributed by atoms with Crippen LogP contribution in [0.4, 0.5) is 5.95 Å². The molecule has 0 spiro atoms. The molecular formula is C15H15Cl2N3O2. The number of nitrogens with one attached hydrogen (secondary N) is 1. The Morgan fingerprint density at radius 2 is 2.14 bits per heavy atom. The quantitative estimate of drug-likeness (QED) is 0.912. The molecule has 22 heavy (non-hydrogen) atoms. The summed E-state index contributed by atoms with van der Waals surface area (Å²) in [4.78, 5) is 16.9. The molecule has 1 aromatic carbocycles. The predicted octanol–water partition coefficient (Wildman–Crippen LogP) is 3.39. The minimum absolute atomic E-state index is 0.0252. The number of amides is 1. The second-order valence-electron chi connectivity index (χ2n) is 5.95. The molecule has 0 radical (unpaired) electrons. The van der Waals surface area contributed by atoms with Crippen LogP contribution in [0.15, 0.2) is 12.1 Å². The number of anilines is 1. The van der Waals surface area contributed by atoms with Gasteiger partial charge in [-0.3, -0.25) is 10.1 Å². The number of ether oxygens (including phenoxy) is 1. The van der Waals surface area contributed by atoms with E-state index in [0.29, 0.717) is 21.5 Å². The normalized spacial score (nSPS) is 26.8. The lowest BCUT2D eigenvalue weighted by atomic mass is 9.89. The molecule has 2 aliphatic heterocycles. The Kier molecular flexibility index (Phi) is 3.33. The number of fused-ring (bicyclic) bond motifs is 3. The van der Waals surface area contributed by atoms with E-state index in [1.807, 2.05) is 11.6 Å². The topological polar surface area (TPSA) is 56.2 Å². The first-order valence-electron chi connectivity index (χ1n) is 7.30. The molecule has 3 heterocycles. The molecule has 1 amide bonds. The summed E-state index contributed by atoms with van der Waals surface area (Å²) in [6, 6.07) is 3.46. The van der Waals surface area contributed by atoms with Crippen molar-refractivity contribution in [2.45, 2.75) is 31.5 Å². The summed E-state index contributed by atoms with van der Waals surface area (Å²) in [5.74, 6) is 0.398. The highest BCUT2D eigenvalue weighted by Gasteiger charge is 2.44. The van der Waals surface area contributed by atoms with E-state index in [-0.39, 0.29) is 24.0 Å². The van der Waals surface area contributed by atoms with Gasteiger partial charge in [0, 0.05) is 7.05 Å². The third kappa shape index (κ3) is 2.19. The zero-order chi connectivity index (χ0) is 15.4. The highest BCUT2D eigenvalue weighted by Crippen LogP contribution is 2.39. The van der Waals surface area contributed by atoms with Gasteiger partial charge in [-0.2, -0.15) is 0 Å². The van der Waals surface area contributed by atoms with E-state index in [0.717, 1.165) is 24.8 Å². The molecule has 2 bridgehead atoms. The van der Waals surface area contributed by atoms with Crippen LogP contribution in [-0.4, -0.2) is 27.7 Å². The number of rotatable bonds is 2. The van der Waals surface area contributed by atoms with E-state index in [1.54, 1.807) is 12.1 Å². The first kappa shape index (κ1) is 14.3. The largest absolute Gasteiger partial charge is 0.374 e. The third-order valence-corrected chi connectivity index (χ3v) is 5.32.